The van der Waals surface area contributed by atoms with Crippen molar-refractivity contribution in [2.45, 2.75) is 56.2 Å². The monoisotopic (exact) mass is 437 g/mol. The van der Waals surface area contributed by atoms with Gasteiger partial charge < -0.3 is 15.4 Å². The molecule has 0 spiro atoms. The van der Waals surface area contributed by atoms with Gasteiger partial charge in [-0.2, -0.15) is 0 Å². The first-order valence-electron chi connectivity index (χ1n) is 10.9. The van der Waals surface area contributed by atoms with Gasteiger partial charge in [0.15, 0.2) is 5.96 Å². The molecule has 0 aromatic heterocycles. The Balaban J connectivity index is 1.46. The van der Waals surface area contributed by atoms with E-state index in [-0.39, 0.29) is 11.0 Å². The lowest BCUT2D eigenvalue weighted by atomic mass is 10.2. The number of rotatable bonds is 9. The molecule has 1 aromatic carbocycles. The van der Waals surface area contributed by atoms with Gasteiger partial charge in [-0.25, -0.2) is 13.1 Å². The summed E-state index contributed by atoms with van der Waals surface area (Å²) < 4.78 is 33.0. The molecule has 2 heterocycles. The molecule has 2 unspecified atom stereocenters. The predicted molar refractivity (Wildman–Crippen MR) is 119 cm³/mol. The number of guanidine groups is 1. The second-order valence-electron chi connectivity index (χ2n) is 7.86. The minimum atomic E-state index is -3.52. The number of ether oxygens (including phenoxy) is 1. The van der Waals surface area contributed by atoms with Crippen molar-refractivity contribution in [3.8, 4) is 0 Å². The van der Waals surface area contributed by atoms with E-state index in [2.05, 4.69) is 32.2 Å². The molecule has 2 aliphatic rings. The van der Waals surface area contributed by atoms with Crippen LogP contribution >= 0.6 is 0 Å². The number of hydrogen-bond acceptors (Lipinski definition) is 5. The summed E-state index contributed by atoms with van der Waals surface area (Å²) in [6.45, 7) is 6.94. The molecular formula is C21H35N5O3S. The molecule has 2 aliphatic heterocycles. The fourth-order valence-corrected chi connectivity index (χ4v) is 5.11. The first-order chi connectivity index (χ1) is 14.5. The fraction of sp³-hybridized carbons (Fsp3) is 0.667. The lowest BCUT2D eigenvalue weighted by molar-refractivity contribution is 0.114. The van der Waals surface area contributed by atoms with Crippen LogP contribution in [0.3, 0.4) is 0 Å². The van der Waals surface area contributed by atoms with Crippen molar-refractivity contribution >= 4 is 16.0 Å². The number of benzene rings is 1. The van der Waals surface area contributed by atoms with Gasteiger partial charge in [0.05, 0.1) is 11.0 Å². The fourth-order valence-electron chi connectivity index (χ4n) is 4.04. The summed E-state index contributed by atoms with van der Waals surface area (Å²) in [5.41, 5.74) is 0.993. The number of nitrogens with one attached hydrogen (secondary N) is 3. The van der Waals surface area contributed by atoms with E-state index in [9.17, 15) is 8.42 Å². The molecule has 9 heteroatoms. The van der Waals surface area contributed by atoms with E-state index in [1.807, 2.05) is 12.1 Å². The minimum absolute atomic E-state index is 0.0175. The SMILES string of the molecule is CCN1CCCC1CNC(=NC)NCc1ccc(S(=O)(=O)NCC2CCCO2)cc1. The van der Waals surface area contributed by atoms with E-state index >= 15 is 0 Å². The Hall–Kier alpha value is -1.68. The van der Waals surface area contributed by atoms with E-state index in [0.717, 1.165) is 37.5 Å². The van der Waals surface area contributed by atoms with Crippen LogP contribution in [0.15, 0.2) is 34.2 Å². The Morgan fingerprint density at radius 1 is 1.17 bits per heavy atom. The van der Waals surface area contributed by atoms with E-state index < -0.39 is 10.0 Å². The highest BCUT2D eigenvalue weighted by atomic mass is 32.2. The average molecular weight is 438 g/mol. The molecular weight excluding hydrogens is 402 g/mol. The smallest absolute Gasteiger partial charge is 0.240 e. The number of likely N-dealkylation sites (N-methyl/N-ethyl adjacent to an activating group) is 1. The predicted octanol–water partition coefficient (Wildman–Crippen LogP) is 1.29. The summed E-state index contributed by atoms with van der Waals surface area (Å²) in [7, 11) is -1.76. The topological polar surface area (TPSA) is 95.1 Å². The lowest BCUT2D eigenvalue weighted by Gasteiger charge is -2.24. The third kappa shape index (κ3) is 6.41. The van der Waals surface area contributed by atoms with E-state index in [0.29, 0.717) is 25.7 Å². The van der Waals surface area contributed by atoms with Crippen LogP contribution in [-0.4, -0.2) is 71.3 Å². The molecule has 3 rings (SSSR count). The molecule has 30 heavy (non-hydrogen) atoms. The standard InChI is InChI=1S/C21H35N5O3S/c1-3-26-12-4-6-18(26)15-24-21(22-2)23-14-17-8-10-20(11-9-17)30(27,28)25-16-19-7-5-13-29-19/h8-11,18-19,25H,3-7,12-16H2,1-2H3,(H2,22,23,24). The van der Waals surface area contributed by atoms with Gasteiger partial charge in [0.25, 0.3) is 0 Å². The molecule has 0 aliphatic carbocycles. The number of sulfonamides is 1. The molecule has 0 saturated carbocycles. The van der Waals surface area contributed by atoms with Crippen LogP contribution in [0.25, 0.3) is 0 Å². The minimum Gasteiger partial charge on any atom is -0.377 e. The van der Waals surface area contributed by atoms with Gasteiger partial charge in [0, 0.05) is 39.3 Å². The Labute approximate surface area is 180 Å². The summed E-state index contributed by atoms with van der Waals surface area (Å²) in [6, 6.07) is 7.50. The molecule has 2 saturated heterocycles. The summed E-state index contributed by atoms with van der Waals surface area (Å²) in [5.74, 6) is 0.757. The van der Waals surface area contributed by atoms with E-state index in [1.54, 1.807) is 19.2 Å². The normalized spacial score (nSPS) is 23.1. The van der Waals surface area contributed by atoms with Crippen molar-refractivity contribution in [1.29, 1.82) is 0 Å². The van der Waals surface area contributed by atoms with Gasteiger partial charge in [-0.15, -0.1) is 0 Å². The van der Waals surface area contributed by atoms with Crippen LogP contribution in [-0.2, 0) is 21.3 Å². The second-order valence-corrected chi connectivity index (χ2v) is 9.63. The van der Waals surface area contributed by atoms with Gasteiger partial charge >= 0.3 is 0 Å². The molecule has 8 nitrogen and oxygen atoms in total. The van der Waals surface area contributed by atoms with Crippen LogP contribution in [0.1, 0.15) is 38.2 Å². The van der Waals surface area contributed by atoms with Crippen molar-refractivity contribution in [3.05, 3.63) is 29.8 Å². The summed E-state index contributed by atoms with van der Waals surface area (Å²) in [4.78, 5) is 7.06. The molecule has 0 radical (unpaired) electrons. The second kappa shape index (κ2) is 11.1. The Bertz CT molecular complexity index is 791. The lowest BCUT2D eigenvalue weighted by Crippen LogP contribution is -2.44. The largest absolute Gasteiger partial charge is 0.377 e. The molecule has 0 bridgehead atoms. The number of nitrogens with zero attached hydrogens (tertiary/aromatic N) is 2. The van der Waals surface area contributed by atoms with Crippen molar-refractivity contribution < 1.29 is 13.2 Å². The third-order valence-electron chi connectivity index (χ3n) is 5.85. The first kappa shape index (κ1) is 23.0. The van der Waals surface area contributed by atoms with Crippen LogP contribution in [0.2, 0.25) is 0 Å². The maximum atomic E-state index is 12.5. The van der Waals surface area contributed by atoms with Crippen LogP contribution in [0, 0.1) is 0 Å². The van der Waals surface area contributed by atoms with E-state index in [4.69, 9.17) is 4.74 Å². The van der Waals surface area contributed by atoms with Gasteiger partial charge in [0.1, 0.15) is 0 Å². The zero-order chi connectivity index (χ0) is 21.4. The highest BCUT2D eigenvalue weighted by Crippen LogP contribution is 2.16. The van der Waals surface area contributed by atoms with Gasteiger partial charge in [0.2, 0.25) is 10.0 Å². The third-order valence-corrected chi connectivity index (χ3v) is 7.29. The quantitative estimate of drug-likeness (QED) is 0.398. The summed E-state index contributed by atoms with van der Waals surface area (Å²) in [6.07, 6.45) is 4.35. The zero-order valence-corrected chi connectivity index (χ0v) is 18.9. The molecule has 1 aromatic rings. The molecule has 3 N–H and O–H groups in total. The van der Waals surface area contributed by atoms with Gasteiger partial charge in [-0.1, -0.05) is 19.1 Å². The van der Waals surface area contributed by atoms with Crippen LogP contribution in [0.4, 0.5) is 0 Å². The molecule has 2 atom stereocenters. The first-order valence-corrected chi connectivity index (χ1v) is 12.4. The van der Waals surface area contributed by atoms with Crippen molar-refractivity contribution in [2.75, 3.05) is 39.8 Å². The Kier molecular flexibility index (Phi) is 8.50. The Morgan fingerprint density at radius 3 is 2.63 bits per heavy atom. The van der Waals surface area contributed by atoms with Crippen molar-refractivity contribution in [1.82, 2.24) is 20.3 Å². The number of hydrogen-bond donors (Lipinski definition) is 3. The summed E-state index contributed by atoms with van der Waals surface area (Å²) in [5, 5.41) is 6.71. The highest BCUT2D eigenvalue weighted by Gasteiger charge is 2.23. The maximum Gasteiger partial charge on any atom is 0.240 e. The number of likely N-dealkylation sites (tertiary alicyclic amines) is 1. The van der Waals surface area contributed by atoms with E-state index in [1.165, 1.54) is 19.4 Å². The van der Waals surface area contributed by atoms with Crippen LogP contribution in [0.5, 0.6) is 0 Å². The molecule has 0 amide bonds. The van der Waals surface area contributed by atoms with Gasteiger partial charge in [-0.05, 0) is 56.5 Å². The average Bonchev–Trinajstić information content (AvgIpc) is 3.44. The molecule has 168 valence electrons. The molecule has 2 fully saturated rings. The number of aliphatic imine (C=N–C) groups is 1. The van der Waals surface area contributed by atoms with Crippen molar-refractivity contribution in [3.63, 3.8) is 0 Å². The van der Waals surface area contributed by atoms with Crippen LogP contribution < -0.4 is 15.4 Å². The summed E-state index contributed by atoms with van der Waals surface area (Å²) >= 11 is 0. The van der Waals surface area contributed by atoms with Gasteiger partial charge in [-0.3, -0.25) is 9.89 Å². The maximum absolute atomic E-state index is 12.5. The zero-order valence-electron chi connectivity index (χ0n) is 18.1. The van der Waals surface area contributed by atoms with Crippen molar-refractivity contribution in [2.24, 2.45) is 4.99 Å². The Morgan fingerprint density at radius 2 is 1.97 bits per heavy atom. The highest BCUT2D eigenvalue weighted by molar-refractivity contribution is 7.89.